The summed E-state index contributed by atoms with van der Waals surface area (Å²) in [6, 6.07) is 13.8. The molecule has 6 heteroatoms. The number of guanidine groups is 1. The first-order valence-corrected chi connectivity index (χ1v) is 7.55. The summed E-state index contributed by atoms with van der Waals surface area (Å²) >= 11 is 6.21. The van der Waals surface area contributed by atoms with Gasteiger partial charge >= 0.3 is 0 Å². The number of benzene rings is 1. The van der Waals surface area contributed by atoms with Crippen LogP contribution in [0.25, 0.3) is 0 Å². The van der Waals surface area contributed by atoms with Crippen LogP contribution in [0.3, 0.4) is 0 Å². The van der Waals surface area contributed by atoms with Crippen molar-refractivity contribution in [3.8, 4) is 0 Å². The van der Waals surface area contributed by atoms with Gasteiger partial charge in [-0.2, -0.15) is 0 Å². The Morgan fingerprint density at radius 3 is 2.61 bits per heavy atom. The van der Waals surface area contributed by atoms with Gasteiger partial charge in [-0.3, -0.25) is 9.98 Å². The van der Waals surface area contributed by atoms with Crippen molar-refractivity contribution in [1.29, 1.82) is 0 Å². The third kappa shape index (κ3) is 5.99. The monoisotopic (exact) mass is 444 g/mol. The maximum Gasteiger partial charge on any atom is 0.194 e. The normalized spacial score (nSPS) is 10.9. The summed E-state index contributed by atoms with van der Waals surface area (Å²) in [6.45, 7) is 3.32. The molecule has 0 saturated carbocycles. The number of aliphatic imine (C=N–C) groups is 1. The highest BCUT2D eigenvalue weighted by molar-refractivity contribution is 14.0. The van der Waals surface area contributed by atoms with Crippen molar-refractivity contribution in [1.82, 2.24) is 15.2 Å². The first kappa shape index (κ1) is 19.7. The Hall–Kier alpha value is -1.34. The first-order valence-electron chi connectivity index (χ1n) is 7.18. The molecular weight excluding hydrogens is 423 g/mol. The molecule has 0 bridgehead atoms. The molecule has 0 saturated heterocycles. The Balaban J connectivity index is 0.00000264. The SMILES string of the molecule is CN=C(NCc1cccc(C)n1)N(C)Cc1ccccc1Cl.I. The predicted molar refractivity (Wildman–Crippen MR) is 108 cm³/mol. The van der Waals surface area contributed by atoms with Crippen molar-refractivity contribution in [3.63, 3.8) is 0 Å². The summed E-state index contributed by atoms with van der Waals surface area (Å²) in [5.74, 6) is 0.809. The number of pyridine rings is 1. The topological polar surface area (TPSA) is 40.5 Å². The minimum atomic E-state index is 0. The highest BCUT2D eigenvalue weighted by Crippen LogP contribution is 2.16. The average molecular weight is 445 g/mol. The summed E-state index contributed by atoms with van der Waals surface area (Å²) in [6.07, 6.45) is 0. The molecule has 2 rings (SSSR count). The van der Waals surface area contributed by atoms with E-state index in [1.165, 1.54) is 0 Å². The number of hydrogen-bond donors (Lipinski definition) is 1. The van der Waals surface area contributed by atoms with E-state index in [-0.39, 0.29) is 24.0 Å². The van der Waals surface area contributed by atoms with Gasteiger partial charge in [-0.05, 0) is 30.7 Å². The molecule has 0 unspecified atom stereocenters. The Bertz CT molecular complexity index is 661. The van der Waals surface area contributed by atoms with Crippen LogP contribution in [0.15, 0.2) is 47.5 Å². The summed E-state index contributed by atoms with van der Waals surface area (Å²) in [7, 11) is 3.76. The fraction of sp³-hybridized carbons (Fsp3) is 0.294. The molecule has 0 fully saturated rings. The molecule has 1 aromatic heterocycles. The molecule has 0 aliphatic heterocycles. The van der Waals surface area contributed by atoms with Crippen LogP contribution in [0.5, 0.6) is 0 Å². The van der Waals surface area contributed by atoms with E-state index in [1.54, 1.807) is 7.05 Å². The molecule has 0 atom stereocenters. The molecule has 0 radical (unpaired) electrons. The quantitative estimate of drug-likeness (QED) is 0.442. The number of hydrogen-bond acceptors (Lipinski definition) is 2. The molecule has 1 N–H and O–H groups in total. The van der Waals surface area contributed by atoms with E-state index in [0.717, 1.165) is 27.9 Å². The van der Waals surface area contributed by atoms with E-state index in [2.05, 4.69) is 15.3 Å². The lowest BCUT2D eigenvalue weighted by Crippen LogP contribution is -2.38. The van der Waals surface area contributed by atoms with Crippen LogP contribution in [0.4, 0.5) is 0 Å². The fourth-order valence-electron chi connectivity index (χ4n) is 2.21. The van der Waals surface area contributed by atoms with E-state index in [9.17, 15) is 0 Å². The van der Waals surface area contributed by atoms with Gasteiger partial charge in [-0.25, -0.2) is 0 Å². The Morgan fingerprint density at radius 1 is 1.22 bits per heavy atom. The van der Waals surface area contributed by atoms with E-state index >= 15 is 0 Å². The molecule has 1 aromatic carbocycles. The van der Waals surface area contributed by atoms with Crippen LogP contribution in [0.2, 0.25) is 5.02 Å². The zero-order chi connectivity index (χ0) is 15.9. The van der Waals surface area contributed by atoms with Crippen molar-refractivity contribution >= 4 is 41.5 Å². The van der Waals surface area contributed by atoms with Gasteiger partial charge in [-0.15, -0.1) is 24.0 Å². The second-order valence-corrected chi connectivity index (χ2v) is 5.53. The van der Waals surface area contributed by atoms with Crippen LogP contribution in [-0.2, 0) is 13.1 Å². The van der Waals surface area contributed by atoms with Crippen molar-refractivity contribution < 1.29 is 0 Å². The van der Waals surface area contributed by atoms with Crippen molar-refractivity contribution in [2.45, 2.75) is 20.0 Å². The Kier molecular flexibility index (Phi) is 8.33. The van der Waals surface area contributed by atoms with Gasteiger partial charge in [-0.1, -0.05) is 35.9 Å². The molecule has 2 aromatic rings. The largest absolute Gasteiger partial charge is 0.351 e. The molecule has 0 amide bonds. The number of nitrogens with zero attached hydrogens (tertiary/aromatic N) is 3. The van der Waals surface area contributed by atoms with Gasteiger partial charge in [0.1, 0.15) is 0 Å². The minimum absolute atomic E-state index is 0. The van der Waals surface area contributed by atoms with Gasteiger partial charge < -0.3 is 10.2 Å². The van der Waals surface area contributed by atoms with Crippen LogP contribution in [0.1, 0.15) is 17.0 Å². The van der Waals surface area contributed by atoms with E-state index in [4.69, 9.17) is 11.6 Å². The number of nitrogens with one attached hydrogen (secondary N) is 1. The fourth-order valence-corrected chi connectivity index (χ4v) is 2.40. The van der Waals surface area contributed by atoms with Gasteiger partial charge in [0.2, 0.25) is 0 Å². The summed E-state index contributed by atoms with van der Waals surface area (Å²) < 4.78 is 0. The van der Waals surface area contributed by atoms with Crippen LogP contribution < -0.4 is 5.32 Å². The lowest BCUT2D eigenvalue weighted by atomic mass is 10.2. The van der Waals surface area contributed by atoms with Crippen LogP contribution in [-0.4, -0.2) is 29.9 Å². The standard InChI is InChI=1S/C17H21ClN4.HI/c1-13-7-6-9-15(21-13)11-20-17(19-2)22(3)12-14-8-4-5-10-16(14)18;/h4-10H,11-12H2,1-3H3,(H,19,20);1H. The van der Waals surface area contributed by atoms with E-state index in [0.29, 0.717) is 13.1 Å². The molecule has 0 spiro atoms. The maximum absolute atomic E-state index is 6.21. The van der Waals surface area contributed by atoms with Gasteiger partial charge in [0.25, 0.3) is 0 Å². The lowest BCUT2D eigenvalue weighted by Gasteiger charge is -2.22. The summed E-state index contributed by atoms with van der Waals surface area (Å²) in [4.78, 5) is 10.8. The van der Waals surface area contributed by atoms with E-state index < -0.39 is 0 Å². The number of aromatic nitrogens is 1. The summed E-state index contributed by atoms with van der Waals surface area (Å²) in [5.41, 5.74) is 3.08. The Morgan fingerprint density at radius 2 is 1.96 bits per heavy atom. The zero-order valence-electron chi connectivity index (χ0n) is 13.6. The zero-order valence-corrected chi connectivity index (χ0v) is 16.7. The minimum Gasteiger partial charge on any atom is -0.351 e. The smallest absolute Gasteiger partial charge is 0.194 e. The van der Waals surface area contributed by atoms with Crippen molar-refractivity contribution in [3.05, 3.63) is 64.4 Å². The molecule has 1 heterocycles. The third-order valence-electron chi connectivity index (χ3n) is 3.31. The highest BCUT2D eigenvalue weighted by Gasteiger charge is 2.08. The summed E-state index contributed by atoms with van der Waals surface area (Å²) in [5, 5.41) is 4.09. The first-order chi connectivity index (χ1) is 10.6. The average Bonchev–Trinajstić information content (AvgIpc) is 2.50. The van der Waals surface area contributed by atoms with Crippen LogP contribution >= 0.6 is 35.6 Å². The molecule has 4 nitrogen and oxygen atoms in total. The third-order valence-corrected chi connectivity index (χ3v) is 3.68. The lowest BCUT2D eigenvalue weighted by molar-refractivity contribution is 0.476. The molecule has 124 valence electrons. The van der Waals surface area contributed by atoms with Gasteiger partial charge in [0.15, 0.2) is 5.96 Å². The van der Waals surface area contributed by atoms with E-state index in [1.807, 2.05) is 61.3 Å². The van der Waals surface area contributed by atoms with Gasteiger partial charge in [0.05, 0.1) is 12.2 Å². The molecule has 0 aliphatic carbocycles. The molecular formula is C17H22ClIN4. The second-order valence-electron chi connectivity index (χ2n) is 5.12. The predicted octanol–water partition coefficient (Wildman–Crippen LogP) is 3.87. The second kappa shape index (κ2) is 9.72. The maximum atomic E-state index is 6.21. The number of aryl methyl sites for hydroxylation is 1. The van der Waals surface area contributed by atoms with Gasteiger partial charge in [0, 0.05) is 31.4 Å². The van der Waals surface area contributed by atoms with Crippen molar-refractivity contribution in [2.24, 2.45) is 4.99 Å². The number of rotatable bonds is 4. The highest BCUT2D eigenvalue weighted by atomic mass is 127. The molecule has 23 heavy (non-hydrogen) atoms. The molecule has 0 aliphatic rings. The van der Waals surface area contributed by atoms with Crippen molar-refractivity contribution in [2.75, 3.05) is 14.1 Å². The van der Waals surface area contributed by atoms with Crippen LogP contribution in [0, 0.1) is 6.92 Å². The number of halogens is 2. The Labute approximate surface area is 160 Å².